The highest BCUT2D eigenvalue weighted by Crippen LogP contribution is 2.15. The van der Waals surface area contributed by atoms with Gasteiger partial charge in [0, 0.05) is 50.4 Å². The molecule has 7 heteroatoms. The van der Waals surface area contributed by atoms with Crippen molar-refractivity contribution in [1.29, 1.82) is 0 Å². The second kappa shape index (κ2) is 8.05. The van der Waals surface area contributed by atoms with Gasteiger partial charge in [-0.25, -0.2) is 4.39 Å². The lowest BCUT2D eigenvalue weighted by Gasteiger charge is -2.22. The van der Waals surface area contributed by atoms with Gasteiger partial charge in [-0.05, 0) is 36.2 Å². The van der Waals surface area contributed by atoms with Crippen molar-refractivity contribution in [2.45, 2.75) is 13.0 Å². The molecule has 0 aromatic heterocycles. The molecule has 1 saturated heterocycles. The SMILES string of the molecule is O=C(c1ccc(F)cc1)N1CCCN(Cc2ccc([N+](=O)[O-])cc2)CC1. The zero-order valence-corrected chi connectivity index (χ0v) is 14.3. The number of nitro groups is 1. The third kappa shape index (κ3) is 4.43. The summed E-state index contributed by atoms with van der Waals surface area (Å²) in [4.78, 5) is 26.9. The molecule has 1 fully saturated rings. The molecule has 6 nitrogen and oxygen atoms in total. The molecule has 0 radical (unpaired) electrons. The first-order valence-electron chi connectivity index (χ1n) is 8.53. The smallest absolute Gasteiger partial charge is 0.269 e. The van der Waals surface area contributed by atoms with Crippen LogP contribution in [0, 0.1) is 15.9 Å². The van der Waals surface area contributed by atoms with Crippen molar-refractivity contribution in [3.63, 3.8) is 0 Å². The highest BCUT2D eigenvalue weighted by molar-refractivity contribution is 5.94. The summed E-state index contributed by atoms with van der Waals surface area (Å²) in [6.07, 6.45) is 0.847. The second-order valence-electron chi connectivity index (χ2n) is 6.35. The molecule has 0 saturated carbocycles. The van der Waals surface area contributed by atoms with Crippen molar-refractivity contribution in [1.82, 2.24) is 9.80 Å². The Hall–Kier alpha value is -2.80. The molecule has 1 aliphatic rings. The number of hydrogen-bond donors (Lipinski definition) is 0. The molecule has 0 unspecified atom stereocenters. The number of nitro benzene ring substituents is 1. The molecule has 136 valence electrons. The van der Waals surface area contributed by atoms with Crippen molar-refractivity contribution in [2.75, 3.05) is 26.2 Å². The van der Waals surface area contributed by atoms with Gasteiger partial charge in [-0.15, -0.1) is 0 Å². The predicted molar refractivity (Wildman–Crippen MR) is 95.3 cm³/mol. The third-order valence-corrected chi connectivity index (χ3v) is 4.52. The van der Waals surface area contributed by atoms with E-state index in [0.29, 0.717) is 25.2 Å². The topological polar surface area (TPSA) is 66.7 Å². The van der Waals surface area contributed by atoms with E-state index in [9.17, 15) is 19.3 Å². The number of rotatable bonds is 4. The zero-order valence-electron chi connectivity index (χ0n) is 14.3. The molecule has 1 heterocycles. The van der Waals surface area contributed by atoms with Crippen LogP contribution in [0.25, 0.3) is 0 Å². The largest absolute Gasteiger partial charge is 0.337 e. The predicted octanol–water partition coefficient (Wildman–Crippen LogP) is 3.08. The van der Waals surface area contributed by atoms with Crippen molar-refractivity contribution >= 4 is 11.6 Å². The Labute approximate surface area is 151 Å². The molecule has 2 aromatic rings. The van der Waals surface area contributed by atoms with Crippen molar-refractivity contribution in [3.8, 4) is 0 Å². The number of hydrogen-bond acceptors (Lipinski definition) is 4. The van der Waals surface area contributed by atoms with Crippen LogP contribution in [0.1, 0.15) is 22.3 Å². The fourth-order valence-electron chi connectivity index (χ4n) is 3.09. The Kier molecular flexibility index (Phi) is 5.58. The molecular formula is C19H20FN3O3. The van der Waals surface area contributed by atoms with E-state index in [1.54, 1.807) is 17.0 Å². The number of amides is 1. The van der Waals surface area contributed by atoms with Gasteiger partial charge in [-0.2, -0.15) is 0 Å². The maximum atomic E-state index is 13.0. The molecule has 26 heavy (non-hydrogen) atoms. The normalized spacial score (nSPS) is 15.5. The maximum Gasteiger partial charge on any atom is 0.269 e. The highest BCUT2D eigenvalue weighted by Gasteiger charge is 2.20. The monoisotopic (exact) mass is 357 g/mol. The van der Waals surface area contributed by atoms with Gasteiger partial charge >= 0.3 is 0 Å². The number of halogens is 1. The van der Waals surface area contributed by atoms with Crippen LogP contribution in [0.3, 0.4) is 0 Å². The van der Waals surface area contributed by atoms with Crippen LogP contribution in [-0.2, 0) is 6.54 Å². The Balaban J connectivity index is 1.58. The zero-order chi connectivity index (χ0) is 18.5. The van der Waals surface area contributed by atoms with Crippen LogP contribution in [0.4, 0.5) is 10.1 Å². The number of benzene rings is 2. The highest BCUT2D eigenvalue weighted by atomic mass is 19.1. The van der Waals surface area contributed by atoms with E-state index >= 15 is 0 Å². The van der Waals surface area contributed by atoms with E-state index in [2.05, 4.69) is 4.90 Å². The summed E-state index contributed by atoms with van der Waals surface area (Å²) in [6.45, 7) is 3.53. The Morgan fingerprint density at radius 2 is 1.69 bits per heavy atom. The van der Waals surface area contributed by atoms with Gasteiger partial charge in [-0.1, -0.05) is 12.1 Å². The van der Waals surface area contributed by atoms with Gasteiger partial charge in [0.05, 0.1) is 4.92 Å². The first-order valence-corrected chi connectivity index (χ1v) is 8.53. The van der Waals surface area contributed by atoms with Gasteiger partial charge in [0.25, 0.3) is 11.6 Å². The van der Waals surface area contributed by atoms with Gasteiger partial charge in [0.2, 0.25) is 0 Å². The van der Waals surface area contributed by atoms with Crippen LogP contribution in [0.15, 0.2) is 48.5 Å². The van der Waals surface area contributed by atoms with Crippen LogP contribution in [0.5, 0.6) is 0 Å². The maximum absolute atomic E-state index is 13.0. The summed E-state index contributed by atoms with van der Waals surface area (Å²) in [5, 5.41) is 10.7. The number of non-ortho nitro benzene ring substituents is 1. The van der Waals surface area contributed by atoms with Crippen molar-refractivity contribution < 1.29 is 14.1 Å². The molecule has 0 aliphatic carbocycles. The molecule has 3 rings (SSSR count). The molecule has 1 amide bonds. The number of nitrogens with zero attached hydrogens (tertiary/aromatic N) is 3. The molecule has 0 bridgehead atoms. The van der Waals surface area contributed by atoms with Gasteiger partial charge in [-0.3, -0.25) is 19.8 Å². The van der Waals surface area contributed by atoms with E-state index in [1.807, 2.05) is 0 Å². The lowest BCUT2D eigenvalue weighted by atomic mass is 10.2. The van der Waals surface area contributed by atoms with Crippen molar-refractivity contribution in [2.24, 2.45) is 0 Å². The van der Waals surface area contributed by atoms with E-state index < -0.39 is 4.92 Å². The molecule has 1 aliphatic heterocycles. The van der Waals surface area contributed by atoms with Crippen molar-refractivity contribution in [3.05, 3.63) is 75.6 Å². The number of carbonyl (C=O) groups excluding carboxylic acids is 1. The third-order valence-electron chi connectivity index (χ3n) is 4.52. The van der Waals surface area contributed by atoms with Crippen LogP contribution < -0.4 is 0 Å². The Bertz CT molecular complexity index is 778. The quantitative estimate of drug-likeness (QED) is 0.623. The molecule has 0 spiro atoms. The van der Waals surface area contributed by atoms with E-state index in [-0.39, 0.29) is 17.4 Å². The molecular weight excluding hydrogens is 337 g/mol. The van der Waals surface area contributed by atoms with Gasteiger partial charge in [0.15, 0.2) is 0 Å². The lowest BCUT2D eigenvalue weighted by Crippen LogP contribution is -2.35. The molecule has 0 N–H and O–H groups in total. The fourth-order valence-corrected chi connectivity index (χ4v) is 3.09. The lowest BCUT2D eigenvalue weighted by molar-refractivity contribution is -0.384. The van der Waals surface area contributed by atoms with E-state index in [4.69, 9.17) is 0 Å². The summed E-state index contributed by atoms with van der Waals surface area (Å²) >= 11 is 0. The summed E-state index contributed by atoms with van der Waals surface area (Å²) in [5.41, 5.74) is 1.59. The summed E-state index contributed by atoms with van der Waals surface area (Å²) in [7, 11) is 0. The minimum absolute atomic E-state index is 0.0813. The minimum atomic E-state index is -0.408. The second-order valence-corrected chi connectivity index (χ2v) is 6.35. The van der Waals surface area contributed by atoms with E-state index in [0.717, 1.165) is 25.1 Å². The first kappa shape index (κ1) is 18.0. The first-order chi connectivity index (χ1) is 12.5. The average molecular weight is 357 g/mol. The van der Waals surface area contributed by atoms with Gasteiger partial charge in [0.1, 0.15) is 5.82 Å². The summed E-state index contributed by atoms with van der Waals surface area (Å²) < 4.78 is 13.0. The summed E-state index contributed by atoms with van der Waals surface area (Å²) in [5.74, 6) is -0.436. The minimum Gasteiger partial charge on any atom is -0.337 e. The average Bonchev–Trinajstić information content (AvgIpc) is 2.88. The van der Waals surface area contributed by atoms with E-state index in [1.165, 1.54) is 36.4 Å². The summed E-state index contributed by atoms with van der Waals surface area (Å²) in [6, 6.07) is 12.2. The van der Waals surface area contributed by atoms with Gasteiger partial charge < -0.3 is 4.90 Å². The molecule has 0 atom stereocenters. The standard InChI is InChI=1S/C19H20FN3O3/c20-17-6-4-16(5-7-17)19(24)22-11-1-10-21(12-13-22)14-15-2-8-18(9-3-15)23(25)26/h2-9H,1,10-14H2. The fraction of sp³-hybridized carbons (Fsp3) is 0.316. The van der Waals surface area contributed by atoms with Crippen LogP contribution in [-0.4, -0.2) is 46.8 Å². The van der Waals surface area contributed by atoms with Crippen LogP contribution in [0.2, 0.25) is 0 Å². The Morgan fingerprint density at radius 1 is 1.00 bits per heavy atom. The Morgan fingerprint density at radius 3 is 2.35 bits per heavy atom. The number of carbonyl (C=O) groups is 1. The molecule has 2 aromatic carbocycles. The van der Waals surface area contributed by atoms with Crippen LogP contribution >= 0.6 is 0 Å².